The van der Waals surface area contributed by atoms with Gasteiger partial charge in [0, 0.05) is 31.2 Å². The highest BCUT2D eigenvalue weighted by atomic mass is 35.5. The Labute approximate surface area is 144 Å². The largest absolute Gasteiger partial charge is 0.339 e. The van der Waals surface area contributed by atoms with Crippen molar-refractivity contribution in [1.29, 1.82) is 0 Å². The van der Waals surface area contributed by atoms with Crippen LogP contribution in [0, 0.1) is 0 Å². The van der Waals surface area contributed by atoms with Crippen molar-refractivity contribution in [3.63, 3.8) is 0 Å². The van der Waals surface area contributed by atoms with Crippen molar-refractivity contribution in [3.8, 4) is 0 Å². The predicted octanol–water partition coefficient (Wildman–Crippen LogP) is 1.23. The van der Waals surface area contributed by atoms with Crippen molar-refractivity contribution in [1.82, 2.24) is 14.9 Å². The molecular formula is C15H24ClN3O3S. The van der Waals surface area contributed by atoms with E-state index in [4.69, 9.17) is 0 Å². The third kappa shape index (κ3) is 4.91. The van der Waals surface area contributed by atoms with Crippen LogP contribution in [0.25, 0.3) is 0 Å². The van der Waals surface area contributed by atoms with Gasteiger partial charge in [0.15, 0.2) is 0 Å². The van der Waals surface area contributed by atoms with E-state index in [0.29, 0.717) is 25.2 Å². The summed E-state index contributed by atoms with van der Waals surface area (Å²) in [6, 6.07) is 6.05. The lowest BCUT2D eigenvalue weighted by Crippen LogP contribution is -2.36. The molecule has 1 unspecified atom stereocenters. The smallest absolute Gasteiger partial charge is 0.253 e. The number of nitrogens with zero attached hydrogens (tertiary/aromatic N) is 1. The van der Waals surface area contributed by atoms with E-state index < -0.39 is 10.0 Å². The van der Waals surface area contributed by atoms with Crippen LogP contribution in [-0.2, 0) is 10.0 Å². The summed E-state index contributed by atoms with van der Waals surface area (Å²) in [4.78, 5) is 14.1. The van der Waals surface area contributed by atoms with Gasteiger partial charge < -0.3 is 10.2 Å². The minimum absolute atomic E-state index is 0. The summed E-state index contributed by atoms with van der Waals surface area (Å²) in [5, 5.41) is 3.12. The third-order valence-corrected chi connectivity index (χ3v) is 5.38. The summed E-state index contributed by atoms with van der Waals surface area (Å²) in [7, 11) is -3.53. The van der Waals surface area contributed by atoms with E-state index in [1.54, 1.807) is 17.0 Å². The van der Waals surface area contributed by atoms with E-state index in [1.165, 1.54) is 12.1 Å². The van der Waals surface area contributed by atoms with Crippen molar-refractivity contribution in [2.45, 2.75) is 31.2 Å². The Bertz CT molecular complexity index is 609. The molecule has 0 saturated carbocycles. The second-order valence-electron chi connectivity index (χ2n) is 5.31. The number of rotatable bonds is 6. The Morgan fingerprint density at radius 3 is 2.35 bits per heavy atom. The van der Waals surface area contributed by atoms with Gasteiger partial charge in [-0.3, -0.25) is 4.79 Å². The molecule has 0 spiro atoms. The van der Waals surface area contributed by atoms with Gasteiger partial charge in [-0.25, -0.2) is 13.1 Å². The minimum atomic E-state index is -3.53. The van der Waals surface area contributed by atoms with E-state index in [2.05, 4.69) is 10.0 Å². The van der Waals surface area contributed by atoms with E-state index in [9.17, 15) is 13.2 Å². The van der Waals surface area contributed by atoms with Crippen LogP contribution in [0.2, 0.25) is 0 Å². The summed E-state index contributed by atoms with van der Waals surface area (Å²) < 4.78 is 27.2. The number of benzene rings is 1. The molecule has 1 aromatic rings. The predicted molar refractivity (Wildman–Crippen MR) is 92.5 cm³/mol. The Balaban J connectivity index is 0.00000264. The van der Waals surface area contributed by atoms with Gasteiger partial charge in [0.1, 0.15) is 0 Å². The van der Waals surface area contributed by atoms with Crippen molar-refractivity contribution in [3.05, 3.63) is 29.8 Å². The first-order valence-electron chi connectivity index (χ1n) is 7.60. The maximum absolute atomic E-state index is 12.3. The normalized spacial score (nSPS) is 17.6. The Morgan fingerprint density at radius 2 is 1.87 bits per heavy atom. The lowest BCUT2D eigenvalue weighted by Gasteiger charge is -2.18. The fraction of sp³-hybridized carbons (Fsp3) is 0.533. The molecular weight excluding hydrogens is 338 g/mol. The van der Waals surface area contributed by atoms with Gasteiger partial charge in [0.05, 0.1) is 4.90 Å². The van der Waals surface area contributed by atoms with Crippen LogP contribution in [0.15, 0.2) is 29.2 Å². The molecule has 1 aromatic carbocycles. The number of carbonyl (C=O) groups excluding carboxylic acids is 1. The maximum atomic E-state index is 12.3. The van der Waals surface area contributed by atoms with Crippen LogP contribution >= 0.6 is 12.4 Å². The van der Waals surface area contributed by atoms with Crippen molar-refractivity contribution >= 4 is 28.3 Å². The molecule has 0 aliphatic carbocycles. The molecule has 1 fully saturated rings. The summed E-state index contributed by atoms with van der Waals surface area (Å²) in [6.45, 7) is 6.57. The van der Waals surface area contributed by atoms with E-state index in [0.717, 1.165) is 13.0 Å². The second kappa shape index (κ2) is 8.63. The van der Waals surface area contributed by atoms with Gasteiger partial charge >= 0.3 is 0 Å². The highest BCUT2D eigenvalue weighted by Gasteiger charge is 2.23. The highest BCUT2D eigenvalue weighted by molar-refractivity contribution is 7.89. The van der Waals surface area contributed by atoms with E-state index in [-0.39, 0.29) is 29.3 Å². The van der Waals surface area contributed by atoms with Gasteiger partial charge in [0.2, 0.25) is 10.0 Å². The Morgan fingerprint density at radius 1 is 1.26 bits per heavy atom. The topological polar surface area (TPSA) is 78.5 Å². The molecule has 130 valence electrons. The quantitative estimate of drug-likeness (QED) is 0.798. The van der Waals surface area contributed by atoms with Gasteiger partial charge in [-0.05, 0) is 51.1 Å². The molecule has 1 saturated heterocycles. The molecule has 0 radical (unpaired) electrons. The fourth-order valence-corrected chi connectivity index (χ4v) is 3.78. The zero-order valence-electron chi connectivity index (χ0n) is 13.4. The standard InChI is InChI=1S/C15H23N3O3S.ClH/c1-3-18(4-2)15(19)12-5-7-14(8-6-12)22(20,21)17-13-9-10-16-11-13;/h5-8,13,16-17H,3-4,9-11H2,1-2H3;1H. The van der Waals surface area contributed by atoms with Crippen LogP contribution in [0.3, 0.4) is 0 Å². The average molecular weight is 362 g/mol. The lowest BCUT2D eigenvalue weighted by atomic mass is 10.2. The molecule has 2 N–H and O–H groups in total. The van der Waals surface area contributed by atoms with Crippen molar-refractivity contribution in [2.75, 3.05) is 26.2 Å². The van der Waals surface area contributed by atoms with Gasteiger partial charge in [0.25, 0.3) is 5.91 Å². The van der Waals surface area contributed by atoms with Gasteiger partial charge in [-0.2, -0.15) is 0 Å². The van der Waals surface area contributed by atoms with Gasteiger partial charge in [-0.1, -0.05) is 0 Å². The molecule has 1 aliphatic heterocycles. The van der Waals surface area contributed by atoms with Crippen molar-refractivity contribution in [2.24, 2.45) is 0 Å². The zero-order chi connectivity index (χ0) is 16.2. The van der Waals surface area contributed by atoms with Crippen LogP contribution < -0.4 is 10.0 Å². The molecule has 1 heterocycles. The van der Waals surface area contributed by atoms with E-state index >= 15 is 0 Å². The van der Waals surface area contributed by atoms with Crippen LogP contribution in [0.5, 0.6) is 0 Å². The first-order chi connectivity index (χ1) is 10.5. The fourth-order valence-electron chi connectivity index (χ4n) is 2.51. The number of hydrogen-bond donors (Lipinski definition) is 2. The van der Waals surface area contributed by atoms with Crippen LogP contribution in [-0.4, -0.2) is 51.4 Å². The van der Waals surface area contributed by atoms with E-state index in [1.807, 2.05) is 13.8 Å². The van der Waals surface area contributed by atoms with Crippen LogP contribution in [0.4, 0.5) is 0 Å². The molecule has 8 heteroatoms. The molecule has 2 rings (SSSR count). The molecule has 1 atom stereocenters. The summed E-state index contributed by atoms with van der Waals surface area (Å²) in [6.07, 6.45) is 0.789. The Kier molecular flexibility index (Phi) is 7.47. The number of sulfonamides is 1. The SMILES string of the molecule is CCN(CC)C(=O)c1ccc(S(=O)(=O)NC2CCNC2)cc1.Cl. The monoisotopic (exact) mass is 361 g/mol. The molecule has 6 nitrogen and oxygen atoms in total. The first-order valence-corrected chi connectivity index (χ1v) is 9.08. The summed E-state index contributed by atoms with van der Waals surface area (Å²) >= 11 is 0. The molecule has 23 heavy (non-hydrogen) atoms. The molecule has 1 amide bonds. The van der Waals surface area contributed by atoms with Crippen LogP contribution in [0.1, 0.15) is 30.6 Å². The Hall–Kier alpha value is -1.15. The number of amides is 1. The zero-order valence-corrected chi connectivity index (χ0v) is 15.0. The first kappa shape index (κ1) is 19.9. The molecule has 0 bridgehead atoms. The minimum Gasteiger partial charge on any atom is -0.339 e. The third-order valence-electron chi connectivity index (χ3n) is 3.84. The number of hydrogen-bond acceptors (Lipinski definition) is 4. The lowest BCUT2D eigenvalue weighted by molar-refractivity contribution is 0.0773. The second-order valence-corrected chi connectivity index (χ2v) is 7.03. The molecule has 0 aromatic heterocycles. The summed E-state index contributed by atoms with van der Waals surface area (Å²) in [5.41, 5.74) is 0.505. The summed E-state index contributed by atoms with van der Waals surface area (Å²) in [5.74, 6) is -0.0816. The molecule has 1 aliphatic rings. The number of nitrogens with one attached hydrogen (secondary N) is 2. The maximum Gasteiger partial charge on any atom is 0.253 e. The highest BCUT2D eigenvalue weighted by Crippen LogP contribution is 2.14. The van der Waals surface area contributed by atoms with Crippen molar-refractivity contribution < 1.29 is 13.2 Å². The number of carbonyl (C=O) groups is 1. The number of halogens is 1. The average Bonchev–Trinajstić information content (AvgIpc) is 3.00. The van der Waals surface area contributed by atoms with Gasteiger partial charge in [-0.15, -0.1) is 12.4 Å².